The van der Waals surface area contributed by atoms with Gasteiger partial charge in [-0.05, 0) is 65.4 Å². The van der Waals surface area contributed by atoms with E-state index in [1.165, 1.54) is 0 Å². The number of carbonyl (C=O) groups excluding carboxylic acids is 1. The van der Waals surface area contributed by atoms with E-state index in [-0.39, 0.29) is 5.91 Å². The largest absolute Gasteiger partial charge is 0.306 e. The highest BCUT2D eigenvalue weighted by atomic mass is 127. The van der Waals surface area contributed by atoms with Crippen LogP contribution in [0.3, 0.4) is 0 Å². The predicted molar refractivity (Wildman–Crippen MR) is 83.8 cm³/mol. The number of rotatable bonds is 2. The van der Waals surface area contributed by atoms with Crippen LogP contribution in [-0.2, 0) is 0 Å². The Bertz CT molecular complexity index is 584. The topological polar surface area (TPSA) is 42.0 Å². The first-order chi connectivity index (χ1) is 8.56. The van der Waals surface area contributed by atoms with Gasteiger partial charge >= 0.3 is 0 Å². The van der Waals surface area contributed by atoms with Crippen LogP contribution in [0.15, 0.2) is 41.0 Å². The summed E-state index contributed by atoms with van der Waals surface area (Å²) >= 11 is 5.53. The number of aryl methyl sites for hydroxylation is 1. The Balaban J connectivity index is 2.18. The van der Waals surface area contributed by atoms with Gasteiger partial charge in [0.1, 0.15) is 5.82 Å². The van der Waals surface area contributed by atoms with Gasteiger partial charge in [-0.1, -0.05) is 15.9 Å². The number of carbonyl (C=O) groups is 1. The standard InChI is InChI=1S/C13H10BrIN2O/c1-8-6-11(15)7-16-12(8)17-13(18)9-2-4-10(14)5-3-9/h2-7H,1H3,(H,16,17,18). The van der Waals surface area contributed by atoms with Crippen molar-refractivity contribution in [1.82, 2.24) is 4.98 Å². The molecule has 0 unspecified atom stereocenters. The van der Waals surface area contributed by atoms with Crippen LogP contribution in [0.25, 0.3) is 0 Å². The third-order valence-electron chi connectivity index (χ3n) is 2.38. The van der Waals surface area contributed by atoms with Crippen LogP contribution in [-0.4, -0.2) is 10.9 Å². The lowest BCUT2D eigenvalue weighted by Crippen LogP contribution is -2.13. The average Bonchev–Trinajstić information content (AvgIpc) is 2.33. The maximum atomic E-state index is 12.0. The number of nitrogens with one attached hydrogen (secondary N) is 1. The lowest BCUT2D eigenvalue weighted by atomic mass is 10.2. The average molecular weight is 417 g/mol. The van der Waals surface area contributed by atoms with Crippen molar-refractivity contribution < 1.29 is 4.79 Å². The van der Waals surface area contributed by atoms with Crippen molar-refractivity contribution in [2.75, 3.05) is 5.32 Å². The summed E-state index contributed by atoms with van der Waals surface area (Å²) in [5.41, 5.74) is 1.56. The summed E-state index contributed by atoms with van der Waals surface area (Å²) in [4.78, 5) is 16.2. The van der Waals surface area contributed by atoms with Gasteiger partial charge in [0.2, 0.25) is 0 Å². The normalized spacial score (nSPS) is 10.2. The molecule has 0 saturated heterocycles. The van der Waals surface area contributed by atoms with Crippen molar-refractivity contribution in [3.63, 3.8) is 0 Å². The van der Waals surface area contributed by atoms with Gasteiger partial charge in [-0.2, -0.15) is 0 Å². The molecule has 2 aromatic rings. The van der Waals surface area contributed by atoms with E-state index in [2.05, 4.69) is 48.8 Å². The minimum Gasteiger partial charge on any atom is -0.306 e. The molecule has 0 aliphatic rings. The summed E-state index contributed by atoms with van der Waals surface area (Å²) in [5, 5.41) is 2.80. The molecule has 1 aromatic carbocycles. The van der Waals surface area contributed by atoms with Crippen LogP contribution in [0, 0.1) is 10.5 Å². The molecule has 2 rings (SSSR count). The maximum absolute atomic E-state index is 12.0. The number of pyridine rings is 1. The molecule has 0 fully saturated rings. The van der Waals surface area contributed by atoms with Gasteiger partial charge in [-0.15, -0.1) is 0 Å². The second-order valence-corrected chi connectivity index (χ2v) is 5.94. The number of amides is 1. The van der Waals surface area contributed by atoms with E-state index in [0.717, 1.165) is 13.6 Å². The van der Waals surface area contributed by atoms with Gasteiger partial charge in [-0.25, -0.2) is 4.98 Å². The second kappa shape index (κ2) is 5.79. The summed E-state index contributed by atoms with van der Waals surface area (Å²) in [6.07, 6.45) is 1.73. The van der Waals surface area contributed by atoms with Crippen LogP contribution in [0.5, 0.6) is 0 Å². The number of anilines is 1. The van der Waals surface area contributed by atoms with Crippen LogP contribution >= 0.6 is 38.5 Å². The van der Waals surface area contributed by atoms with E-state index >= 15 is 0 Å². The number of halogens is 2. The second-order valence-electron chi connectivity index (χ2n) is 3.78. The first-order valence-electron chi connectivity index (χ1n) is 5.25. The first kappa shape index (κ1) is 13.5. The number of hydrogen-bond acceptors (Lipinski definition) is 2. The molecule has 0 radical (unpaired) electrons. The van der Waals surface area contributed by atoms with E-state index in [1.807, 2.05) is 25.1 Å². The summed E-state index contributed by atoms with van der Waals surface area (Å²) in [7, 11) is 0. The molecule has 5 heteroatoms. The van der Waals surface area contributed by atoms with Gasteiger partial charge in [-0.3, -0.25) is 4.79 Å². The zero-order valence-electron chi connectivity index (χ0n) is 9.58. The molecule has 0 saturated carbocycles. The predicted octanol–water partition coefficient (Wildman–Crippen LogP) is 4.01. The highest BCUT2D eigenvalue weighted by Crippen LogP contribution is 2.16. The zero-order chi connectivity index (χ0) is 13.1. The zero-order valence-corrected chi connectivity index (χ0v) is 13.3. The molecule has 0 aliphatic heterocycles. The van der Waals surface area contributed by atoms with Gasteiger partial charge in [0, 0.05) is 19.8 Å². The van der Waals surface area contributed by atoms with E-state index < -0.39 is 0 Å². The van der Waals surface area contributed by atoms with E-state index in [4.69, 9.17) is 0 Å². The molecule has 1 heterocycles. The molecule has 1 amide bonds. The van der Waals surface area contributed by atoms with Crippen LogP contribution in [0.1, 0.15) is 15.9 Å². The van der Waals surface area contributed by atoms with Crippen LogP contribution in [0.2, 0.25) is 0 Å². The minimum atomic E-state index is -0.153. The molecule has 1 aromatic heterocycles. The molecule has 3 nitrogen and oxygen atoms in total. The Morgan fingerprint density at radius 1 is 1.33 bits per heavy atom. The van der Waals surface area contributed by atoms with Crippen LogP contribution < -0.4 is 5.32 Å². The highest BCUT2D eigenvalue weighted by Gasteiger charge is 2.08. The fraction of sp³-hybridized carbons (Fsp3) is 0.0769. The Morgan fingerprint density at radius 2 is 2.00 bits per heavy atom. The third kappa shape index (κ3) is 3.29. The summed E-state index contributed by atoms with van der Waals surface area (Å²) in [6, 6.07) is 9.18. The monoisotopic (exact) mass is 416 g/mol. The number of hydrogen-bond donors (Lipinski definition) is 1. The van der Waals surface area contributed by atoms with Crippen molar-refractivity contribution in [3.8, 4) is 0 Å². The lowest BCUT2D eigenvalue weighted by molar-refractivity contribution is 0.102. The summed E-state index contributed by atoms with van der Waals surface area (Å²) < 4.78 is 1.99. The molecule has 0 atom stereocenters. The maximum Gasteiger partial charge on any atom is 0.256 e. The minimum absolute atomic E-state index is 0.153. The Labute approximate surface area is 127 Å². The molecule has 1 N–H and O–H groups in total. The van der Waals surface area contributed by atoms with Crippen LogP contribution in [0.4, 0.5) is 5.82 Å². The van der Waals surface area contributed by atoms with E-state index in [1.54, 1.807) is 18.3 Å². The fourth-order valence-electron chi connectivity index (χ4n) is 1.45. The molecule has 18 heavy (non-hydrogen) atoms. The Kier molecular flexibility index (Phi) is 4.34. The number of aromatic nitrogens is 1. The van der Waals surface area contributed by atoms with Crippen molar-refractivity contribution in [1.29, 1.82) is 0 Å². The fourth-order valence-corrected chi connectivity index (χ4v) is 2.32. The first-order valence-corrected chi connectivity index (χ1v) is 7.12. The smallest absolute Gasteiger partial charge is 0.256 e. The molecular formula is C13H10BrIN2O. The molecule has 0 spiro atoms. The summed E-state index contributed by atoms with van der Waals surface area (Å²) in [6.45, 7) is 1.92. The third-order valence-corrected chi connectivity index (χ3v) is 3.50. The van der Waals surface area contributed by atoms with Crippen molar-refractivity contribution in [3.05, 3.63) is 55.7 Å². The summed E-state index contributed by atoms with van der Waals surface area (Å²) in [5.74, 6) is 0.447. The molecular weight excluding hydrogens is 407 g/mol. The van der Waals surface area contributed by atoms with Gasteiger partial charge < -0.3 is 5.32 Å². The quantitative estimate of drug-likeness (QED) is 0.751. The van der Waals surface area contributed by atoms with E-state index in [0.29, 0.717) is 11.4 Å². The highest BCUT2D eigenvalue weighted by molar-refractivity contribution is 14.1. The van der Waals surface area contributed by atoms with Crippen molar-refractivity contribution in [2.24, 2.45) is 0 Å². The molecule has 0 aliphatic carbocycles. The molecule has 0 bridgehead atoms. The Morgan fingerprint density at radius 3 is 2.61 bits per heavy atom. The number of nitrogens with zero attached hydrogens (tertiary/aromatic N) is 1. The molecule has 92 valence electrons. The van der Waals surface area contributed by atoms with Crippen molar-refractivity contribution in [2.45, 2.75) is 6.92 Å². The SMILES string of the molecule is Cc1cc(I)cnc1NC(=O)c1ccc(Br)cc1. The van der Waals surface area contributed by atoms with E-state index in [9.17, 15) is 4.79 Å². The van der Waals surface area contributed by atoms with Gasteiger partial charge in [0.25, 0.3) is 5.91 Å². The van der Waals surface area contributed by atoms with Crippen molar-refractivity contribution >= 4 is 50.2 Å². The van der Waals surface area contributed by atoms with Gasteiger partial charge in [0.05, 0.1) is 0 Å². The number of benzene rings is 1. The van der Waals surface area contributed by atoms with Gasteiger partial charge in [0.15, 0.2) is 0 Å². The Hall–Kier alpha value is -0.950. The lowest BCUT2D eigenvalue weighted by Gasteiger charge is -2.07.